The molecule has 1 rings (SSSR count). The van der Waals surface area contributed by atoms with Crippen LogP contribution in [0.1, 0.15) is 46.0 Å². The van der Waals surface area contributed by atoms with Gasteiger partial charge in [0.1, 0.15) is 18.2 Å². The highest BCUT2D eigenvalue weighted by Crippen LogP contribution is 2.14. The molecule has 13 heteroatoms. The van der Waals surface area contributed by atoms with E-state index >= 15 is 0 Å². The average Bonchev–Trinajstić information content (AvgIpc) is 2.77. The van der Waals surface area contributed by atoms with Crippen LogP contribution in [0.3, 0.4) is 0 Å². The van der Waals surface area contributed by atoms with Gasteiger partial charge < -0.3 is 30.9 Å². The third kappa shape index (κ3) is 11.4. The van der Waals surface area contributed by atoms with Crippen LogP contribution in [-0.4, -0.2) is 81.7 Å². The molecule has 3 amide bonds. The quantitative estimate of drug-likeness (QED) is 0.128. The van der Waals surface area contributed by atoms with E-state index in [-0.39, 0.29) is 24.5 Å². The number of esters is 1. The van der Waals surface area contributed by atoms with Gasteiger partial charge in [-0.1, -0.05) is 19.9 Å². The van der Waals surface area contributed by atoms with E-state index in [0.29, 0.717) is 12.2 Å². The highest BCUT2D eigenvalue weighted by atomic mass is 32.1. The number of carboxylic acid groups (broad SMARTS) is 1. The molecule has 0 aliphatic carbocycles. The number of thiol groups is 2. The first-order chi connectivity index (χ1) is 16.5. The van der Waals surface area contributed by atoms with Gasteiger partial charge in [0.2, 0.25) is 17.7 Å². The number of rotatable bonds is 8. The number of aliphatic hydroxyl groups excluding tert-OH is 1. The molecule has 0 aromatic rings. The Labute approximate surface area is 215 Å². The zero-order valence-electron chi connectivity index (χ0n) is 19.8. The fourth-order valence-corrected chi connectivity index (χ4v) is 3.80. The Balaban J connectivity index is 3.30. The first kappa shape index (κ1) is 30.8. The van der Waals surface area contributed by atoms with Crippen molar-refractivity contribution < 1.29 is 38.9 Å². The Kier molecular flexibility index (Phi) is 13.8. The van der Waals surface area contributed by atoms with Crippen LogP contribution in [0.25, 0.3) is 0 Å². The topological polar surface area (TPSA) is 171 Å². The molecule has 0 saturated carbocycles. The van der Waals surface area contributed by atoms with Crippen molar-refractivity contribution in [2.45, 2.75) is 76.3 Å². The minimum atomic E-state index is -1.29. The summed E-state index contributed by atoms with van der Waals surface area (Å²) in [5.41, 5.74) is 0. The van der Waals surface area contributed by atoms with Gasteiger partial charge in [0.15, 0.2) is 0 Å². The number of aliphatic carboxylic acids is 1. The van der Waals surface area contributed by atoms with Gasteiger partial charge in [0.25, 0.3) is 0 Å². The van der Waals surface area contributed by atoms with Gasteiger partial charge in [-0.2, -0.15) is 25.3 Å². The second kappa shape index (κ2) is 15.7. The Morgan fingerprint density at radius 1 is 1.09 bits per heavy atom. The fraction of sp³-hybridized carbons (Fsp3) is 0.682. The number of hydrogen-bond donors (Lipinski definition) is 7. The molecule has 0 bridgehead atoms. The first-order valence-electron chi connectivity index (χ1n) is 11.4. The predicted molar refractivity (Wildman–Crippen MR) is 134 cm³/mol. The molecular formula is C22H35N3O8S2. The summed E-state index contributed by atoms with van der Waals surface area (Å²) in [6.07, 6.45) is 0.0990. The second-order valence-electron chi connectivity index (χ2n) is 8.52. The van der Waals surface area contributed by atoms with Crippen molar-refractivity contribution >= 4 is 54.9 Å². The van der Waals surface area contributed by atoms with E-state index in [1.165, 1.54) is 6.08 Å². The van der Waals surface area contributed by atoms with Crippen molar-refractivity contribution in [1.29, 1.82) is 0 Å². The van der Waals surface area contributed by atoms with Crippen LogP contribution in [0, 0.1) is 5.92 Å². The second-order valence-corrected chi connectivity index (χ2v) is 9.33. The molecular weight excluding hydrogens is 498 g/mol. The largest absolute Gasteiger partial charge is 0.481 e. The lowest BCUT2D eigenvalue weighted by Crippen LogP contribution is -2.57. The molecule has 0 spiro atoms. The summed E-state index contributed by atoms with van der Waals surface area (Å²) < 4.78 is 5.38. The number of aliphatic hydroxyl groups is 1. The summed E-state index contributed by atoms with van der Waals surface area (Å²) >= 11 is 8.21. The lowest BCUT2D eigenvalue weighted by Gasteiger charge is -2.29. The van der Waals surface area contributed by atoms with E-state index < -0.39 is 72.8 Å². The summed E-state index contributed by atoms with van der Waals surface area (Å²) in [5.74, 6) is -3.85. The Morgan fingerprint density at radius 3 is 2.31 bits per heavy atom. The van der Waals surface area contributed by atoms with Crippen molar-refractivity contribution in [1.82, 2.24) is 16.0 Å². The van der Waals surface area contributed by atoms with Crippen LogP contribution in [0.4, 0.5) is 0 Å². The van der Waals surface area contributed by atoms with Crippen molar-refractivity contribution in [3.63, 3.8) is 0 Å². The molecule has 0 radical (unpaired) electrons. The van der Waals surface area contributed by atoms with Crippen molar-refractivity contribution in [2.24, 2.45) is 5.92 Å². The van der Waals surface area contributed by atoms with Gasteiger partial charge in [-0.25, -0.2) is 0 Å². The van der Waals surface area contributed by atoms with E-state index in [2.05, 4.69) is 41.2 Å². The van der Waals surface area contributed by atoms with Gasteiger partial charge in [-0.3, -0.25) is 24.0 Å². The minimum Gasteiger partial charge on any atom is -0.481 e. The summed E-state index contributed by atoms with van der Waals surface area (Å²) in [5, 5.41) is 27.2. The number of carbonyl (C=O) groups is 5. The lowest BCUT2D eigenvalue weighted by atomic mass is 9.96. The van der Waals surface area contributed by atoms with Crippen LogP contribution in [-0.2, 0) is 28.7 Å². The number of nitrogens with one attached hydrogen (secondary N) is 3. The summed E-state index contributed by atoms with van der Waals surface area (Å²) in [6, 6.07) is -3.21. The van der Waals surface area contributed by atoms with Gasteiger partial charge in [-0.15, -0.1) is 0 Å². The number of ether oxygens (including phenoxy) is 1. The number of cyclic esters (lactones) is 1. The van der Waals surface area contributed by atoms with Gasteiger partial charge in [0, 0.05) is 12.2 Å². The van der Waals surface area contributed by atoms with E-state index in [0.717, 1.165) is 0 Å². The van der Waals surface area contributed by atoms with Crippen LogP contribution in [0.15, 0.2) is 12.2 Å². The number of amides is 3. The van der Waals surface area contributed by atoms with Crippen LogP contribution < -0.4 is 16.0 Å². The maximum absolute atomic E-state index is 12.9. The highest BCUT2D eigenvalue weighted by molar-refractivity contribution is 7.80. The molecule has 5 atom stereocenters. The molecule has 1 aliphatic heterocycles. The summed E-state index contributed by atoms with van der Waals surface area (Å²) in [4.78, 5) is 61.9. The standard InChI is InChI=1S/C22H35N3O8S2/c1-12(2)20-16(26)10-19(30)33-13(5-3-4-8-34)9-17(27)23-14(6-7-18(28)29)21(31)24-15(11-35)22(32)25-20/h3,5,12-16,20,26,34-35H,4,6-11H2,1-2H3,(H,23,27)(H,24,31)(H,25,32)(H,28,29)/b5-3+/t13-,14-,15-,16+,20-/m1/s1. The molecule has 0 aromatic carbocycles. The van der Waals surface area contributed by atoms with Gasteiger partial charge in [-0.05, 0) is 30.6 Å². The molecule has 198 valence electrons. The maximum Gasteiger partial charge on any atom is 0.309 e. The molecule has 11 nitrogen and oxygen atoms in total. The molecule has 1 heterocycles. The van der Waals surface area contributed by atoms with Crippen molar-refractivity contribution in [3.8, 4) is 0 Å². The van der Waals surface area contributed by atoms with E-state index in [9.17, 15) is 29.1 Å². The molecule has 1 saturated heterocycles. The summed E-state index contributed by atoms with van der Waals surface area (Å²) in [6.45, 7) is 3.49. The molecule has 1 aliphatic rings. The predicted octanol–water partition coefficient (Wildman–Crippen LogP) is -0.166. The molecule has 1 fully saturated rings. The number of carboxylic acids is 1. The zero-order chi connectivity index (χ0) is 26.5. The fourth-order valence-electron chi connectivity index (χ4n) is 3.40. The van der Waals surface area contributed by atoms with Crippen molar-refractivity contribution in [2.75, 3.05) is 11.5 Å². The van der Waals surface area contributed by atoms with E-state index in [4.69, 9.17) is 9.84 Å². The maximum atomic E-state index is 12.9. The van der Waals surface area contributed by atoms with Crippen LogP contribution in [0.2, 0.25) is 0 Å². The monoisotopic (exact) mass is 533 g/mol. The molecule has 0 unspecified atom stereocenters. The molecule has 5 N–H and O–H groups in total. The van der Waals surface area contributed by atoms with Crippen LogP contribution in [0.5, 0.6) is 0 Å². The third-order valence-corrected chi connectivity index (χ3v) is 5.87. The third-order valence-electron chi connectivity index (χ3n) is 5.25. The van der Waals surface area contributed by atoms with Gasteiger partial charge >= 0.3 is 11.9 Å². The Bertz CT molecular complexity index is 793. The Morgan fingerprint density at radius 2 is 1.74 bits per heavy atom. The van der Waals surface area contributed by atoms with Gasteiger partial charge in [0.05, 0.1) is 25.0 Å². The smallest absolute Gasteiger partial charge is 0.309 e. The highest BCUT2D eigenvalue weighted by Gasteiger charge is 2.33. The van der Waals surface area contributed by atoms with Crippen LogP contribution >= 0.6 is 25.3 Å². The number of allylic oxidation sites excluding steroid dienone is 1. The lowest BCUT2D eigenvalue weighted by molar-refractivity contribution is -0.151. The summed E-state index contributed by atoms with van der Waals surface area (Å²) in [7, 11) is 0. The average molecular weight is 534 g/mol. The van der Waals surface area contributed by atoms with E-state index in [1.54, 1.807) is 19.9 Å². The van der Waals surface area contributed by atoms with Crippen molar-refractivity contribution in [3.05, 3.63) is 12.2 Å². The minimum absolute atomic E-state index is 0.0991. The zero-order valence-corrected chi connectivity index (χ0v) is 21.6. The molecule has 0 aromatic heterocycles. The normalized spacial score (nSPS) is 27.4. The first-order valence-corrected chi connectivity index (χ1v) is 12.6. The SMILES string of the molecule is CC(C)[C@H]1NC(=O)[C@@H](CS)NC(=O)[C@@H](CCC(=O)O)NC(=O)C[C@@H](/C=C/CCS)OC(=O)C[C@@H]1O. The molecule has 35 heavy (non-hydrogen) atoms. The van der Waals surface area contributed by atoms with E-state index in [1.807, 2.05) is 0 Å². The number of hydrogen-bond acceptors (Lipinski definition) is 9. The number of carbonyl (C=O) groups excluding carboxylic acids is 4. The Hall–Kier alpha value is -2.25.